The third-order valence-corrected chi connectivity index (χ3v) is 4.58. The maximum absolute atomic E-state index is 12.1. The van der Waals surface area contributed by atoms with E-state index in [9.17, 15) is 4.79 Å². The number of hydrogen-bond donors (Lipinski definition) is 1. The second kappa shape index (κ2) is 6.76. The maximum atomic E-state index is 12.1. The van der Waals surface area contributed by atoms with Crippen LogP contribution in [0.2, 0.25) is 0 Å². The zero-order valence-corrected chi connectivity index (χ0v) is 14.4. The van der Waals surface area contributed by atoms with E-state index in [0.717, 1.165) is 19.4 Å². The van der Waals surface area contributed by atoms with Gasteiger partial charge in [0.15, 0.2) is 5.66 Å². The van der Waals surface area contributed by atoms with Gasteiger partial charge in [-0.25, -0.2) is 0 Å². The molecule has 24 heavy (non-hydrogen) atoms. The second-order valence-electron chi connectivity index (χ2n) is 7.29. The van der Waals surface area contributed by atoms with E-state index >= 15 is 0 Å². The Balaban J connectivity index is 1.39. The molecule has 3 rings (SSSR count). The van der Waals surface area contributed by atoms with Crippen molar-refractivity contribution < 1.29 is 4.79 Å². The van der Waals surface area contributed by atoms with Crippen LogP contribution in [0.25, 0.3) is 0 Å². The fourth-order valence-corrected chi connectivity index (χ4v) is 3.03. The first-order valence-corrected chi connectivity index (χ1v) is 8.70. The molecule has 1 N–H and O–H groups in total. The van der Waals surface area contributed by atoms with Gasteiger partial charge >= 0.3 is 0 Å². The van der Waals surface area contributed by atoms with Gasteiger partial charge in [-0.2, -0.15) is 15.3 Å². The molecule has 2 aliphatic rings. The van der Waals surface area contributed by atoms with Crippen LogP contribution in [0.4, 0.5) is 0 Å². The van der Waals surface area contributed by atoms with Gasteiger partial charge in [-0.1, -0.05) is 13.8 Å². The predicted molar refractivity (Wildman–Crippen MR) is 91.2 cm³/mol. The lowest BCUT2D eigenvalue weighted by molar-refractivity contribution is -0.121. The molecule has 0 aromatic carbocycles. The highest BCUT2D eigenvalue weighted by molar-refractivity contribution is 5.77. The highest BCUT2D eigenvalue weighted by Gasteiger charge is 2.42. The summed E-state index contributed by atoms with van der Waals surface area (Å²) in [5.41, 5.74) is 0.851. The van der Waals surface area contributed by atoms with Crippen LogP contribution in [0.15, 0.2) is 22.6 Å². The molecular weight excluding hydrogens is 302 g/mol. The first kappa shape index (κ1) is 16.7. The SMILES string of the molecule is C#CCCC1(CCC(=O)N[C@@H]2C[C@H]2c2cnn(CC(C)C)c2)N=N1. The minimum atomic E-state index is -0.370. The summed E-state index contributed by atoms with van der Waals surface area (Å²) in [4.78, 5) is 12.1. The van der Waals surface area contributed by atoms with Gasteiger partial charge in [-0.3, -0.25) is 9.48 Å². The van der Waals surface area contributed by atoms with Crippen LogP contribution in [0.5, 0.6) is 0 Å². The molecule has 6 heteroatoms. The lowest BCUT2D eigenvalue weighted by Gasteiger charge is -2.09. The van der Waals surface area contributed by atoms with Crippen molar-refractivity contribution in [3.05, 3.63) is 18.0 Å². The molecule has 0 spiro atoms. The number of carbonyl (C=O) groups is 1. The van der Waals surface area contributed by atoms with Crippen molar-refractivity contribution in [3.8, 4) is 12.3 Å². The van der Waals surface area contributed by atoms with E-state index in [1.165, 1.54) is 5.56 Å². The summed E-state index contributed by atoms with van der Waals surface area (Å²) in [7, 11) is 0. The average molecular weight is 327 g/mol. The van der Waals surface area contributed by atoms with Crippen LogP contribution in [0, 0.1) is 18.3 Å². The molecular formula is C18H25N5O. The zero-order chi connectivity index (χ0) is 17.2. The van der Waals surface area contributed by atoms with Crippen LogP contribution in [0.3, 0.4) is 0 Å². The number of rotatable bonds is 9. The zero-order valence-electron chi connectivity index (χ0n) is 14.4. The van der Waals surface area contributed by atoms with Gasteiger partial charge in [0, 0.05) is 50.4 Å². The molecule has 6 nitrogen and oxygen atoms in total. The van der Waals surface area contributed by atoms with Crippen molar-refractivity contribution in [1.29, 1.82) is 0 Å². The Morgan fingerprint density at radius 3 is 2.96 bits per heavy atom. The normalized spacial score (nSPS) is 23.1. The number of carbonyl (C=O) groups excluding carboxylic acids is 1. The van der Waals surface area contributed by atoms with Crippen LogP contribution in [0.1, 0.15) is 57.4 Å². The van der Waals surface area contributed by atoms with Crippen molar-refractivity contribution in [2.24, 2.45) is 16.1 Å². The Labute approximate surface area is 143 Å². The van der Waals surface area contributed by atoms with Crippen molar-refractivity contribution in [3.63, 3.8) is 0 Å². The monoisotopic (exact) mass is 327 g/mol. The molecule has 1 aliphatic carbocycles. The van der Waals surface area contributed by atoms with Gasteiger partial charge in [0.05, 0.1) is 6.20 Å². The number of nitrogens with zero attached hydrogens (tertiary/aromatic N) is 4. The minimum absolute atomic E-state index is 0.0782. The van der Waals surface area contributed by atoms with Crippen molar-refractivity contribution in [2.45, 2.75) is 70.1 Å². The van der Waals surface area contributed by atoms with Gasteiger partial charge in [-0.15, -0.1) is 12.3 Å². The molecule has 0 radical (unpaired) electrons. The molecule has 1 aromatic rings. The topological polar surface area (TPSA) is 71.6 Å². The highest BCUT2D eigenvalue weighted by Crippen LogP contribution is 2.41. The van der Waals surface area contributed by atoms with E-state index in [2.05, 4.69) is 46.6 Å². The Bertz CT molecular complexity index is 663. The third-order valence-electron chi connectivity index (χ3n) is 4.58. The van der Waals surface area contributed by atoms with Gasteiger partial charge < -0.3 is 5.32 Å². The van der Waals surface area contributed by atoms with Crippen LogP contribution in [-0.2, 0) is 11.3 Å². The number of terminal acetylenes is 1. The van der Waals surface area contributed by atoms with E-state index in [4.69, 9.17) is 6.42 Å². The lowest BCUT2D eigenvalue weighted by atomic mass is 10.0. The summed E-state index contributed by atoms with van der Waals surface area (Å²) >= 11 is 0. The molecule has 1 aromatic heterocycles. The summed E-state index contributed by atoms with van der Waals surface area (Å²) in [6, 6.07) is 0.240. The average Bonchev–Trinajstić information content (AvgIpc) is 3.43. The first-order valence-electron chi connectivity index (χ1n) is 8.70. The number of aromatic nitrogens is 2. The van der Waals surface area contributed by atoms with Crippen molar-refractivity contribution in [1.82, 2.24) is 15.1 Å². The Morgan fingerprint density at radius 1 is 1.50 bits per heavy atom. The highest BCUT2D eigenvalue weighted by atomic mass is 16.1. The summed E-state index contributed by atoms with van der Waals surface area (Å²) in [6.07, 6.45) is 12.8. The lowest BCUT2D eigenvalue weighted by Crippen LogP contribution is -2.28. The molecule has 1 aliphatic heterocycles. The fraction of sp³-hybridized carbons (Fsp3) is 0.667. The molecule has 0 saturated heterocycles. The predicted octanol–water partition coefficient (Wildman–Crippen LogP) is 2.87. The summed E-state index contributed by atoms with van der Waals surface area (Å²) < 4.78 is 1.99. The molecule has 2 heterocycles. The summed E-state index contributed by atoms with van der Waals surface area (Å²) in [5.74, 6) is 3.66. The smallest absolute Gasteiger partial charge is 0.220 e. The molecule has 1 amide bonds. The molecule has 1 fully saturated rings. The molecule has 1 saturated carbocycles. The standard InChI is InChI=1S/C18H25N5O/c1-4-5-7-18(21-22-18)8-6-17(24)20-16-9-15(16)14-10-19-23(12-14)11-13(2)3/h1,10,12-13,15-16H,5-9,11H2,2-3H3,(H,20,24)/t15-,16+/m0/s1. The maximum Gasteiger partial charge on any atom is 0.220 e. The van der Waals surface area contributed by atoms with E-state index in [1.807, 2.05) is 10.9 Å². The Kier molecular flexibility index (Phi) is 4.70. The van der Waals surface area contributed by atoms with Crippen LogP contribution >= 0.6 is 0 Å². The molecule has 2 atom stereocenters. The summed E-state index contributed by atoms with van der Waals surface area (Å²) in [5, 5.41) is 15.6. The number of hydrogen-bond acceptors (Lipinski definition) is 4. The van der Waals surface area contributed by atoms with Crippen LogP contribution in [-0.4, -0.2) is 27.4 Å². The van der Waals surface area contributed by atoms with Gasteiger partial charge in [0.25, 0.3) is 0 Å². The van der Waals surface area contributed by atoms with Crippen LogP contribution < -0.4 is 5.32 Å². The van der Waals surface area contributed by atoms with E-state index in [1.54, 1.807) is 0 Å². The van der Waals surface area contributed by atoms with Gasteiger partial charge in [0.2, 0.25) is 5.91 Å². The Morgan fingerprint density at radius 2 is 2.29 bits per heavy atom. The molecule has 0 unspecified atom stereocenters. The third kappa shape index (κ3) is 4.22. The van der Waals surface area contributed by atoms with Crippen molar-refractivity contribution >= 4 is 5.91 Å². The van der Waals surface area contributed by atoms with E-state index < -0.39 is 0 Å². The summed E-state index contributed by atoms with van der Waals surface area (Å²) in [6.45, 7) is 5.28. The fourth-order valence-electron chi connectivity index (χ4n) is 3.03. The molecule has 0 bridgehead atoms. The Hall–Kier alpha value is -2.16. The van der Waals surface area contributed by atoms with Crippen molar-refractivity contribution in [2.75, 3.05) is 0 Å². The number of nitrogens with one attached hydrogen (secondary N) is 1. The van der Waals surface area contributed by atoms with Gasteiger partial charge in [0.1, 0.15) is 0 Å². The number of amides is 1. The second-order valence-corrected chi connectivity index (χ2v) is 7.29. The first-order chi connectivity index (χ1) is 11.5. The molecule has 128 valence electrons. The van der Waals surface area contributed by atoms with E-state index in [0.29, 0.717) is 31.1 Å². The minimum Gasteiger partial charge on any atom is -0.353 e. The van der Waals surface area contributed by atoms with Gasteiger partial charge in [-0.05, 0) is 17.9 Å². The largest absolute Gasteiger partial charge is 0.353 e. The van der Waals surface area contributed by atoms with E-state index in [-0.39, 0.29) is 17.6 Å². The quantitative estimate of drug-likeness (QED) is 0.708.